The highest BCUT2D eigenvalue weighted by molar-refractivity contribution is 5.87. The average Bonchev–Trinajstić information content (AvgIpc) is 2.54. The maximum absolute atomic E-state index is 2.36. The molecule has 0 saturated heterocycles. The van der Waals surface area contributed by atoms with E-state index in [1.165, 1.54) is 27.5 Å². The van der Waals surface area contributed by atoms with Gasteiger partial charge in [0.2, 0.25) is 0 Å². The smallest absolute Gasteiger partial charge is 0.0187 e. The first-order valence-corrected chi connectivity index (χ1v) is 7.93. The highest BCUT2D eigenvalue weighted by Crippen LogP contribution is 2.48. The van der Waals surface area contributed by atoms with Gasteiger partial charge in [-0.1, -0.05) is 92.7 Å². The third-order valence-electron chi connectivity index (χ3n) is 4.88. The van der Waals surface area contributed by atoms with Gasteiger partial charge in [0.1, 0.15) is 0 Å². The molecule has 4 rings (SSSR count). The minimum atomic E-state index is 0.110. The topological polar surface area (TPSA) is 0 Å². The Morgan fingerprint density at radius 2 is 1.41 bits per heavy atom. The Balaban J connectivity index is 2.02. The largest absolute Gasteiger partial charge is 0.0773 e. The Labute approximate surface area is 132 Å². The van der Waals surface area contributed by atoms with Gasteiger partial charge in [-0.05, 0) is 32.9 Å². The van der Waals surface area contributed by atoms with Crippen LogP contribution in [0, 0.1) is 5.41 Å². The van der Waals surface area contributed by atoms with E-state index in [9.17, 15) is 0 Å². The highest BCUT2D eigenvalue weighted by atomic mass is 14.4. The maximum Gasteiger partial charge on any atom is 0.0187 e. The number of hydrogen-bond donors (Lipinski definition) is 0. The standard InChI is InChI=1S/C22H20/c1-22(2)15-14-17-9-4-6-12-19(17)21(22)20-13-7-10-16-8-3-5-11-18(16)20/h3-15,21H,1-2H3. The van der Waals surface area contributed by atoms with E-state index in [1.54, 1.807) is 0 Å². The van der Waals surface area contributed by atoms with Crippen LogP contribution in [-0.4, -0.2) is 0 Å². The molecule has 1 aliphatic carbocycles. The number of fused-ring (bicyclic) bond motifs is 2. The molecular weight excluding hydrogens is 264 g/mol. The van der Waals surface area contributed by atoms with E-state index in [-0.39, 0.29) is 5.41 Å². The lowest BCUT2D eigenvalue weighted by molar-refractivity contribution is 0.416. The van der Waals surface area contributed by atoms with Crippen molar-refractivity contribution in [2.75, 3.05) is 0 Å². The van der Waals surface area contributed by atoms with Crippen LogP contribution in [-0.2, 0) is 0 Å². The summed E-state index contributed by atoms with van der Waals surface area (Å²) in [6.45, 7) is 4.68. The molecule has 0 nitrogen and oxygen atoms in total. The van der Waals surface area contributed by atoms with Gasteiger partial charge in [0, 0.05) is 5.92 Å². The third-order valence-corrected chi connectivity index (χ3v) is 4.88. The molecule has 108 valence electrons. The Hall–Kier alpha value is -2.34. The van der Waals surface area contributed by atoms with Crippen molar-refractivity contribution in [1.82, 2.24) is 0 Å². The lowest BCUT2D eigenvalue weighted by Crippen LogP contribution is -2.24. The van der Waals surface area contributed by atoms with Crippen molar-refractivity contribution in [1.29, 1.82) is 0 Å². The molecule has 0 fully saturated rings. The molecule has 0 amide bonds. The number of benzene rings is 3. The Morgan fingerprint density at radius 3 is 2.32 bits per heavy atom. The van der Waals surface area contributed by atoms with Gasteiger partial charge in [-0.2, -0.15) is 0 Å². The molecule has 0 spiro atoms. The first-order chi connectivity index (χ1) is 10.7. The molecular formula is C22H20. The van der Waals surface area contributed by atoms with Crippen LogP contribution < -0.4 is 0 Å². The van der Waals surface area contributed by atoms with Gasteiger partial charge in [-0.3, -0.25) is 0 Å². The van der Waals surface area contributed by atoms with Crippen molar-refractivity contribution >= 4 is 16.8 Å². The van der Waals surface area contributed by atoms with Crippen molar-refractivity contribution in [3.63, 3.8) is 0 Å². The summed E-state index contributed by atoms with van der Waals surface area (Å²) in [5, 5.41) is 2.69. The van der Waals surface area contributed by atoms with Crippen LogP contribution in [0.15, 0.2) is 72.8 Å². The Kier molecular flexibility index (Phi) is 2.94. The lowest BCUT2D eigenvalue weighted by atomic mass is 9.66. The van der Waals surface area contributed by atoms with Crippen LogP contribution in [0.3, 0.4) is 0 Å². The molecule has 0 heteroatoms. The van der Waals surface area contributed by atoms with Gasteiger partial charge in [-0.15, -0.1) is 0 Å². The summed E-state index contributed by atoms with van der Waals surface area (Å²) < 4.78 is 0. The second-order valence-electron chi connectivity index (χ2n) is 6.79. The molecule has 0 heterocycles. The second kappa shape index (κ2) is 4.84. The number of allylic oxidation sites excluding steroid dienone is 1. The molecule has 0 saturated carbocycles. The Morgan fingerprint density at radius 1 is 0.727 bits per heavy atom. The molecule has 3 aromatic rings. The van der Waals surface area contributed by atoms with E-state index < -0.39 is 0 Å². The summed E-state index contributed by atoms with van der Waals surface area (Å²) in [6, 6.07) is 24.2. The van der Waals surface area contributed by atoms with Crippen LogP contribution >= 0.6 is 0 Å². The zero-order chi connectivity index (χ0) is 15.2. The average molecular weight is 284 g/mol. The maximum atomic E-state index is 2.36. The van der Waals surface area contributed by atoms with E-state index in [2.05, 4.69) is 92.7 Å². The first kappa shape index (κ1) is 13.3. The van der Waals surface area contributed by atoms with Crippen molar-refractivity contribution in [3.8, 4) is 0 Å². The van der Waals surface area contributed by atoms with Crippen molar-refractivity contribution in [2.45, 2.75) is 19.8 Å². The molecule has 1 atom stereocenters. The SMILES string of the molecule is CC1(C)C=Cc2ccccc2C1c1cccc2ccccc12. The fraction of sp³-hybridized carbons (Fsp3) is 0.182. The Bertz CT molecular complexity index is 863. The van der Waals surface area contributed by atoms with E-state index in [4.69, 9.17) is 0 Å². The van der Waals surface area contributed by atoms with E-state index in [0.29, 0.717) is 5.92 Å². The highest BCUT2D eigenvalue weighted by Gasteiger charge is 2.34. The van der Waals surface area contributed by atoms with Crippen LogP contribution in [0.2, 0.25) is 0 Å². The summed E-state index contributed by atoms with van der Waals surface area (Å²) >= 11 is 0. The first-order valence-electron chi connectivity index (χ1n) is 7.93. The summed E-state index contributed by atoms with van der Waals surface area (Å²) in [5.74, 6) is 0.389. The fourth-order valence-corrected chi connectivity index (χ4v) is 3.80. The molecule has 1 unspecified atom stereocenters. The molecule has 3 aromatic carbocycles. The monoisotopic (exact) mass is 284 g/mol. The van der Waals surface area contributed by atoms with Gasteiger partial charge in [-0.25, -0.2) is 0 Å². The summed E-state index contributed by atoms with van der Waals surface area (Å²) in [7, 11) is 0. The summed E-state index contributed by atoms with van der Waals surface area (Å²) in [5.41, 5.74) is 4.32. The molecule has 0 radical (unpaired) electrons. The molecule has 0 bridgehead atoms. The zero-order valence-corrected chi connectivity index (χ0v) is 13.1. The summed E-state index contributed by atoms with van der Waals surface area (Å²) in [6.07, 6.45) is 4.64. The molecule has 1 aliphatic rings. The van der Waals surface area contributed by atoms with Gasteiger partial charge in [0.05, 0.1) is 0 Å². The van der Waals surface area contributed by atoms with Crippen molar-refractivity contribution < 1.29 is 0 Å². The number of rotatable bonds is 1. The van der Waals surface area contributed by atoms with Crippen LogP contribution in [0.5, 0.6) is 0 Å². The summed E-state index contributed by atoms with van der Waals surface area (Å²) in [4.78, 5) is 0. The molecule has 0 aromatic heterocycles. The number of hydrogen-bond acceptors (Lipinski definition) is 0. The van der Waals surface area contributed by atoms with Gasteiger partial charge < -0.3 is 0 Å². The van der Waals surface area contributed by atoms with E-state index in [0.717, 1.165) is 0 Å². The fourth-order valence-electron chi connectivity index (χ4n) is 3.80. The van der Waals surface area contributed by atoms with Crippen LogP contribution in [0.25, 0.3) is 16.8 Å². The van der Waals surface area contributed by atoms with Gasteiger partial charge in [0.15, 0.2) is 0 Å². The second-order valence-corrected chi connectivity index (χ2v) is 6.79. The quantitative estimate of drug-likeness (QED) is 0.512. The molecule has 22 heavy (non-hydrogen) atoms. The van der Waals surface area contributed by atoms with E-state index >= 15 is 0 Å². The van der Waals surface area contributed by atoms with E-state index in [1.807, 2.05) is 0 Å². The van der Waals surface area contributed by atoms with Gasteiger partial charge >= 0.3 is 0 Å². The minimum absolute atomic E-state index is 0.110. The predicted octanol–water partition coefficient (Wildman–Crippen LogP) is 6.02. The lowest BCUT2D eigenvalue weighted by Gasteiger charge is -2.37. The normalized spacial score (nSPS) is 19.1. The predicted molar refractivity (Wildman–Crippen MR) is 95.0 cm³/mol. The zero-order valence-electron chi connectivity index (χ0n) is 13.1. The van der Waals surface area contributed by atoms with Crippen LogP contribution in [0.1, 0.15) is 36.5 Å². The minimum Gasteiger partial charge on any atom is -0.0773 e. The molecule has 0 aliphatic heterocycles. The van der Waals surface area contributed by atoms with Crippen molar-refractivity contribution in [3.05, 3.63) is 89.5 Å². The molecule has 0 N–H and O–H groups in total. The van der Waals surface area contributed by atoms with Gasteiger partial charge in [0.25, 0.3) is 0 Å². The third kappa shape index (κ3) is 1.99. The van der Waals surface area contributed by atoms with Crippen molar-refractivity contribution in [2.24, 2.45) is 5.41 Å². The van der Waals surface area contributed by atoms with Crippen LogP contribution in [0.4, 0.5) is 0 Å².